The molecule has 6 heteroatoms. The van der Waals surface area contributed by atoms with Gasteiger partial charge in [0.1, 0.15) is 6.61 Å². The molecule has 3 rings (SSSR count). The lowest BCUT2D eigenvalue weighted by molar-refractivity contribution is -0.119. The van der Waals surface area contributed by atoms with Crippen molar-refractivity contribution in [3.8, 4) is 0 Å². The van der Waals surface area contributed by atoms with Crippen LogP contribution < -0.4 is 5.32 Å². The summed E-state index contributed by atoms with van der Waals surface area (Å²) in [7, 11) is 1.50. The number of rotatable bonds is 6. The number of fused-ring (bicyclic) bond motifs is 2. The Hall–Kier alpha value is -2.47. The van der Waals surface area contributed by atoms with E-state index in [4.69, 9.17) is 9.72 Å². The predicted octanol–water partition coefficient (Wildman–Crippen LogP) is 3.28. The lowest BCUT2D eigenvalue weighted by atomic mass is 10.1. The molecule has 1 amide bonds. The zero-order valence-electron chi connectivity index (χ0n) is 14.3. The minimum atomic E-state index is -0.219. The summed E-state index contributed by atoms with van der Waals surface area (Å²) in [6, 6.07) is 8.20. The van der Waals surface area contributed by atoms with Gasteiger partial charge in [-0.25, -0.2) is 9.67 Å². The number of aryl methyl sites for hydroxylation is 2. The number of benzene rings is 1. The number of ether oxygens (including phenoxy) is 1. The van der Waals surface area contributed by atoms with Crippen LogP contribution >= 0.6 is 0 Å². The van der Waals surface area contributed by atoms with Crippen molar-refractivity contribution in [3.05, 3.63) is 29.8 Å². The Morgan fingerprint density at radius 3 is 2.92 bits per heavy atom. The molecule has 24 heavy (non-hydrogen) atoms. The van der Waals surface area contributed by atoms with Gasteiger partial charge in [0.25, 0.3) is 5.91 Å². The van der Waals surface area contributed by atoms with Gasteiger partial charge in [0.2, 0.25) is 0 Å². The van der Waals surface area contributed by atoms with Gasteiger partial charge in [-0.2, -0.15) is 5.10 Å². The zero-order valence-corrected chi connectivity index (χ0v) is 14.3. The molecule has 0 aliphatic heterocycles. The topological polar surface area (TPSA) is 69.0 Å². The quantitative estimate of drug-likeness (QED) is 0.755. The maximum absolute atomic E-state index is 11.9. The molecule has 1 N–H and O–H groups in total. The second-order valence-corrected chi connectivity index (χ2v) is 5.96. The number of unbranched alkanes of at least 4 members (excludes halogenated alkanes) is 1. The molecule has 0 bridgehead atoms. The van der Waals surface area contributed by atoms with Gasteiger partial charge in [-0.15, -0.1) is 0 Å². The first-order valence-electron chi connectivity index (χ1n) is 8.19. The van der Waals surface area contributed by atoms with Crippen molar-refractivity contribution in [1.82, 2.24) is 14.8 Å². The average Bonchev–Trinajstić information content (AvgIpc) is 2.88. The molecular weight excluding hydrogens is 304 g/mol. The molecule has 0 saturated carbocycles. The summed E-state index contributed by atoms with van der Waals surface area (Å²) < 4.78 is 6.76. The summed E-state index contributed by atoms with van der Waals surface area (Å²) in [5.74, 6) is 0.322. The summed E-state index contributed by atoms with van der Waals surface area (Å²) in [5, 5.41) is 9.28. The second-order valence-electron chi connectivity index (χ2n) is 5.96. The highest BCUT2D eigenvalue weighted by Crippen LogP contribution is 2.26. The molecule has 1 aromatic carbocycles. The van der Waals surface area contributed by atoms with Crippen molar-refractivity contribution in [3.63, 3.8) is 0 Å². The van der Waals surface area contributed by atoms with Gasteiger partial charge >= 0.3 is 0 Å². The van der Waals surface area contributed by atoms with Gasteiger partial charge in [0.15, 0.2) is 11.5 Å². The van der Waals surface area contributed by atoms with Crippen LogP contribution in [0.1, 0.15) is 25.3 Å². The Labute approximate surface area is 140 Å². The second kappa shape index (κ2) is 6.97. The van der Waals surface area contributed by atoms with E-state index < -0.39 is 0 Å². The van der Waals surface area contributed by atoms with E-state index in [1.807, 2.05) is 16.8 Å². The third-order valence-corrected chi connectivity index (χ3v) is 3.93. The Bertz CT molecular complexity index is 885. The van der Waals surface area contributed by atoms with E-state index in [9.17, 15) is 4.79 Å². The first kappa shape index (κ1) is 16.4. The van der Waals surface area contributed by atoms with Crippen molar-refractivity contribution in [2.45, 2.75) is 33.2 Å². The summed E-state index contributed by atoms with van der Waals surface area (Å²) in [6.45, 7) is 4.97. The van der Waals surface area contributed by atoms with E-state index >= 15 is 0 Å². The lowest BCUT2D eigenvalue weighted by Crippen LogP contribution is -2.17. The number of carbonyl (C=O) groups is 1. The Kier molecular flexibility index (Phi) is 4.76. The molecule has 6 nitrogen and oxygen atoms in total. The third-order valence-electron chi connectivity index (χ3n) is 3.93. The number of aromatic nitrogens is 3. The molecule has 2 aromatic heterocycles. The Morgan fingerprint density at radius 2 is 2.17 bits per heavy atom. The van der Waals surface area contributed by atoms with Crippen LogP contribution in [-0.4, -0.2) is 34.4 Å². The molecule has 0 atom stereocenters. The minimum Gasteiger partial charge on any atom is -0.375 e. The number of pyridine rings is 1. The predicted molar refractivity (Wildman–Crippen MR) is 95.2 cm³/mol. The molecule has 0 radical (unpaired) electrons. The molecule has 0 aliphatic carbocycles. The summed E-state index contributed by atoms with van der Waals surface area (Å²) >= 11 is 0. The van der Waals surface area contributed by atoms with Gasteiger partial charge in [-0.3, -0.25) is 4.79 Å². The lowest BCUT2D eigenvalue weighted by Gasteiger charge is -2.03. The third kappa shape index (κ3) is 3.23. The number of nitrogens with zero attached hydrogens (tertiary/aromatic N) is 3. The van der Waals surface area contributed by atoms with E-state index in [0.29, 0.717) is 5.82 Å². The van der Waals surface area contributed by atoms with Crippen LogP contribution in [0.25, 0.3) is 21.9 Å². The molecule has 0 fully saturated rings. The number of anilines is 1. The normalized spacial score (nSPS) is 11.3. The van der Waals surface area contributed by atoms with Crippen LogP contribution in [0.4, 0.5) is 5.82 Å². The molecule has 3 aromatic rings. The van der Waals surface area contributed by atoms with Crippen molar-refractivity contribution >= 4 is 33.7 Å². The fourth-order valence-corrected chi connectivity index (χ4v) is 2.73. The summed E-state index contributed by atoms with van der Waals surface area (Å²) in [4.78, 5) is 16.7. The fourth-order valence-electron chi connectivity index (χ4n) is 2.73. The Balaban J connectivity index is 2.12. The van der Waals surface area contributed by atoms with E-state index in [1.165, 1.54) is 12.7 Å². The monoisotopic (exact) mass is 326 g/mol. The van der Waals surface area contributed by atoms with Crippen LogP contribution in [-0.2, 0) is 16.1 Å². The molecule has 2 heterocycles. The highest BCUT2D eigenvalue weighted by molar-refractivity contribution is 6.03. The number of hydrogen-bond acceptors (Lipinski definition) is 4. The number of amides is 1. The number of methoxy groups -OCH3 is 1. The van der Waals surface area contributed by atoms with Crippen LogP contribution in [0.3, 0.4) is 0 Å². The zero-order chi connectivity index (χ0) is 17.1. The molecular formula is C18H22N4O2. The smallest absolute Gasteiger partial charge is 0.251 e. The van der Waals surface area contributed by atoms with Gasteiger partial charge in [-0.1, -0.05) is 25.0 Å². The summed E-state index contributed by atoms with van der Waals surface area (Å²) in [6.07, 6.45) is 2.08. The fraction of sp³-hybridized carbons (Fsp3) is 0.389. The molecule has 0 aliphatic rings. The highest BCUT2D eigenvalue weighted by Gasteiger charge is 2.15. The maximum Gasteiger partial charge on any atom is 0.251 e. The van der Waals surface area contributed by atoms with Crippen LogP contribution in [0.15, 0.2) is 24.3 Å². The number of carbonyl (C=O) groups excluding carboxylic acids is 1. The van der Waals surface area contributed by atoms with Crippen molar-refractivity contribution in [1.29, 1.82) is 0 Å². The van der Waals surface area contributed by atoms with E-state index in [-0.39, 0.29) is 12.5 Å². The van der Waals surface area contributed by atoms with Crippen molar-refractivity contribution in [2.24, 2.45) is 0 Å². The maximum atomic E-state index is 11.9. The molecule has 0 unspecified atom stereocenters. The first-order chi connectivity index (χ1) is 11.6. The van der Waals surface area contributed by atoms with Gasteiger partial charge in [0.05, 0.1) is 10.9 Å². The van der Waals surface area contributed by atoms with Gasteiger partial charge < -0.3 is 10.1 Å². The molecule has 0 spiro atoms. The highest BCUT2D eigenvalue weighted by atomic mass is 16.5. The standard InChI is InChI=1S/C18H22N4O2/c1-4-5-8-22-18-14(17(21-22)20-16(23)11-24-3)10-13-9-12(2)6-7-15(13)19-18/h6-7,9-10H,4-5,8,11H2,1-3H3,(H,20,21,23). The van der Waals surface area contributed by atoms with Crippen LogP contribution in [0.5, 0.6) is 0 Å². The molecule has 0 saturated heterocycles. The first-order valence-corrected chi connectivity index (χ1v) is 8.19. The van der Waals surface area contributed by atoms with E-state index in [0.717, 1.165) is 41.3 Å². The SMILES string of the molecule is CCCCn1nc(NC(=O)COC)c2cc3cc(C)ccc3nc21. The van der Waals surface area contributed by atoms with Crippen molar-refractivity contribution < 1.29 is 9.53 Å². The minimum absolute atomic E-state index is 0.00340. The number of hydrogen-bond donors (Lipinski definition) is 1. The summed E-state index contributed by atoms with van der Waals surface area (Å²) in [5.41, 5.74) is 2.90. The van der Waals surface area contributed by atoms with Crippen molar-refractivity contribution in [2.75, 3.05) is 19.0 Å². The average molecular weight is 326 g/mol. The Morgan fingerprint density at radius 1 is 1.33 bits per heavy atom. The van der Waals surface area contributed by atoms with E-state index in [1.54, 1.807) is 0 Å². The van der Waals surface area contributed by atoms with Crippen LogP contribution in [0.2, 0.25) is 0 Å². The number of nitrogens with one attached hydrogen (secondary N) is 1. The van der Waals surface area contributed by atoms with E-state index in [2.05, 4.69) is 36.4 Å². The van der Waals surface area contributed by atoms with Gasteiger partial charge in [-0.05, 0) is 31.5 Å². The van der Waals surface area contributed by atoms with Crippen LogP contribution in [0, 0.1) is 6.92 Å². The molecule has 126 valence electrons. The van der Waals surface area contributed by atoms with Gasteiger partial charge in [0, 0.05) is 19.0 Å². The largest absolute Gasteiger partial charge is 0.375 e.